The number of aldehydes is 1. The van der Waals surface area contributed by atoms with Gasteiger partial charge in [-0.3, -0.25) is 19.3 Å². The molecule has 0 spiro atoms. The number of carbonyl (C=O) groups is 4. The average Bonchev–Trinajstić information content (AvgIpc) is 2.87. The number of primary amides is 1. The predicted molar refractivity (Wildman–Crippen MR) is 92.8 cm³/mol. The number of benzene rings is 1. The molecule has 2 atom stereocenters. The number of amides is 3. The zero-order chi connectivity index (χ0) is 18.8. The molecule has 8 nitrogen and oxygen atoms in total. The topological polar surface area (TPSA) is 110 Å². The van der Waals surface area contributed by atoms with Gasteiger partial charge in [0.05, 0.1) is 29.5 Å². The first kappa shape index (κ1) is 18.1. The number of hydrogen-bond acceptors (Lipinski definition) is 6. The van der Waals surface area contributed by atoms with Crippen LogP contribution in [0.25, 0.3) is 0 Å². The molecule has 1 aromatic rings. The molecule has 2 aliphatic rings. The Hall–Kier alpha value is -2.74. The number of rotatable bonds is 6. The minimum Gasteiger partial charge on any atom is -0.375 e. The number of nitrogens with two attached hydrogens (primary N) is 1. The molecule has 1 aromatic carbocycles. The highest BCUT2D eigenvalue weighted by Gasteiger charge is 2.44. The van der Waals surface area contributed by atoms with Crippen molar-refractivity contribution in [1.29, 1.82) is 0 Å². The van der Waals surface area contributed by atoms with Gasteiger partial charge >= 0.3 is 0 Å². The van der Waals surface area contributed by atoms with Crippen LogP contribution < -0.4 is 10.6 Å². The van der Waals surface area contributed by atoms with Gasteiger partial charge in [-0.2, -0.15) is 0 Å². The van der Waals surface area contributed by atoms with Crippen molar-refractivity contribution >= 4 is 29.7 Å². The first-order valence-corrected chi connectivity index (χ1v) is 8.56. The highest BCUT2D eigenvalue weighted by molar-refractivity contribution is 6.25. The van der Waals surface area contributed by atoms with Crippen molar-refractivity contribution in [3.63, 3.8) is 0 Å². The lowest BCUT2D eigenvalue weighted by Crippen LogP contribution is -2.48. The van der Waals surface area contributed by atoms with E-state index < -0.39 is 23.8 Å². The molecule has 2 aliphatic heterocycles. The van der Waals surface area contributed by atoms with E-state index in [1.54, 1.807) is 18.2 Å². The number of imide groups is 1. The summed E-state index contributed by atoms with van der Waals surface area (Å²) >= 11 is 0. The van der Waals surface area contributed by atoms with E-state index in [1.165, 1.54) is 0 Å². The van der Waals surface area contributed by atoms with Crippen LogP contribution in [0.4, 0.5) is 5.69 Å². The van der Waals surface area contributed by atoms with Gasteiger partial charge in [-0.05, 0) is 25.5 Å². The Bertz CT molecular complexity index is 763. The lowest BCUT2D eigenvalue weighted by molar-refractivity contribution is -0.122. The van der Waals surface area contributed by atoms with Crippen molar-refractivity contribution in [3.8, 4) is 0 Å². The van der Waals surface area contributed by atoms with Crippen LogP contribution in [0, 0.1) is 0 Å². The SMILES string of the molecule is CC1CN(c2cccc3c2C(=O)N(C(CCC=O)C(N)=O)C3=O)CCO1. The van der Waals surface area contributed by atoms with Gasteiger partial charge in [0.2, 0.25) is 5.91 Å². The average molecular weight is 359 g/mol. The monoisotopic (exact) mass is 359 g/mol. The molecule has 1 fully saturated rings. The van der Waals surface area contributed by atoms with Crippen LogP contribution in [0.3, 0.4) is 0 Å². The van der Waals surface area contributed by atoms with Crippen molar-refractivity contribution < 1.29 is 23.9 Å². The molecule has 0 saturated carbocycles. The minimum atomic E-state index is -1.14. The normalized spacial score (nSPS) is 20.9. The fourth-order valence-electron chi connectivity index (χ4n) is 3.49. The van der Waals surface area contributed by atoms with E-state index in [2.05, 4.69) is 0 Å². The first-order valence-electron chi connectivity index (χ1n) is 8.56. The van der Waals surface area contributed by atoms with Crippen LogP contribution >= 0.6 is 0 Å². The second-order valence-electron chi connectivity index (χ2n) is 6.47. The number of hydrogen-bond donors (Lipinski definition) is 1. The van der Waals surface area contributed by atoms with E-state index in [0.29, 0.717) is 31.7 Å². The Labute approximate surface area is 150 Å². The van der Waals surface area contributed by atoms with E-state index in [-0.39, 0.29) is 30.1 Å². The van der Waals surface area contributed by atoms with Gasteiger partial charge in [0.15, 0.2) is 0 Å². The van der Waals surface area contributed by atoms with E-state index in [0.717, 1.165) is 4.90 Å². The molecule has 2 N–H and O–H groups in total. The maximum atomic E-state index is 13.0. The number of ether oxygens (including phenoxy) is 1. The number of carbonyl (C=O) groups excluding carboxylic acids is 4. The van der Waals surface area contributed by atoms with Crippen LogP contribution in [0.15, 0.2) is 18.2 Å². The fourth-order valence-corrected chi connectivity index (χ4v) is 3.49. The quantitative estimate of drug-likeness (QED) is 0.579. The Morgan fingerprint density at radius 2 is 2.15 bits per heavy atom. The summed E-state index contributed by atoms with van der Waals surface area (Å²) in [4.78, 5) is 51.2. The molecule has 0 aliphatic carbocycles. The Balaban J connectivity index is 1.98. The summed E-state index contributed by atoms with van der Waals surface area (Å²) in [6.45, 7) is 3.67. The van der Waals surface area contributed by atoms with Crippen LogP contribution in [-0.2, 0) is 14.3 Å². The second-order valence-corrected chi connectivity index (χ2v) is 6.47. The number of anilines is 1. The number of nitrogens with zero attached hydrogens (tertiary/aromatic N) is 2. The highest BCUT2D eigenvalue weighted by atomic mass is 16.5. The van der Waals surface area contributed by atoms with E-state index in [9.17, 15) is 19.2 Å². The van der Waals surface area contributed by atoms with Gasteiger partial charge in [0.25, 0.3) is 11.8 Å². The van der Waals surface area contributed by atoms with Gasteiger partial charge in [0, 0.05) is 19.5 Å². The lowest BCUT2D eigenvalue weighted by atomic mass is 10.1. The molecular formula is C18H21N3O5. The Morgan fingerprint density at radius 3 is 2.81 bits per heavy atom. The molecule has 1 saturated heterocycles. The van der Waals surface area contributed by atoms with Gasteiger partial charge in [0.1, 0.15) is 12.3 Å². The van der Waals surface area contributed by atoms with Crippen LogP contribution in [0.5, 0.6) is 0 Å². The maximum absolute atomic E-state index is 13.0. The Kier molecular flexibility index (Phi) is 5.03. The summed E-state index contributed by atoms with van der Waals surface area (Å²) in [5.41, 5.74) is 6.57. The summed E-state index contributed by atoms with van der Waals surface area (Å²) in [7, 11) is 0. The largest absolute Gasteiger partial charge is 0.375 e. The Morgan fingerprint density at radius 1 is 1.38 bits per heavy atom. The molecular weight excluding hydrogens is 338 g/mol. The van der Waals surface area contributed by atoms with Crippen molar-refractivity contribution in [2.24, 2.45) is 5.73 Å². The minimum absolute atomic E-state index is 0.00822. The van der Waals surface area contributed by atoms with Crippen LogP contribution in [-0.4, -0.2) is 60.7 Å². The van der Waals surface area contributed by atoms with Gasteiger partial charge in [-0.15, -0.1) is 0 Å². The molecule has 3 amide bonds. The van der Waals surface area contributed by atoms with Crippen molar-refractivity contribution in [3.05, 3.63) is 29.3 Å². The van der Waals surface area contributed by atoms with Crippen LogP contribution in [0.1, 0.15) is 40.5 Å². The van der Waals surface area contributed by atoms with E-state index in [1.807, 2.05) is 11.8 Å². The number of morpholine rings is 1. The molecule has 138 valence electrons. The third-order valence-electron chi connectivity index (χ3n) is 4.70. The fraction of sp³-hybridized carbons (Fsp3) is 0.444. The summed E-state index contributed by atoms with van der Waals surface area (Å²) < 4.78 is 5.53. The van der Waals surface area contributed by atoms with E-state index >= 15 is 0 Å². The van der Waals surface area contributed by atoms with Gasteiger partial charge in [-0.25, -0.2) is 0 Å². The van der Waals surface area contributed by atoms with E-state index in [4.69, 9.17) is 10.5 Å². The summed E-state index contributed by atoms with van der Waals surface area (Å²) in [6.07, 6.45) is 0.700. The third-order valence-corrected chi connectivity index (χ3v) is 4.70. The maximum Gasteiger partial charge on any atom is 0.264 e. The summed E-state index contributed by atoms with van der Waals surface area (Å²) in [5, 5.41) is 0. The number of fused-ring (bicyclic) bond motifs is 1. The third kappa shape index (κ3) is 3.08. The molecule has 2 heterocycles. The zero-order valence-corrected chi connectivity index (χ0v) is 14.5. The molecule has 2 unspecified atom stereocenters. The second kappa shape index (κ2) is 7.25. The van der Waals surface area contributed by atoms with Crippen molar-refractivity contribution in [2.45, 2.75) is 31.9 Å². The molecule has 8 heteroatoms. The highest BCUT2D eigenvalue weighted by Crippen LogP contribution is 2.34. The summed E-state index contributed by atoms with van der Waals surface area (Å²) in [6, 6.07) is 3.94. The van der Waals surface area contributed by atoms with Gasteiger partial charge < -0.3 is 20.2 Å². The van der Waals surface area contributed by atoms with Gasteiger partial charge in [-0.1, -0.05) is 6.07 Å². The smallest absolute Gasteiger partial charge is 0.264 e. The first-order chi connectivity index (χ1) is 12.5. The predicted octanol–water partition coefficient (Wildman–Crippen LogP) is 0.341. The van der Waals surface area contributed by atoms with Crippen molar-refractivity contribution in [1.82, 2.24) is 4.90 Å². The summed E-state index contributed by atoms with van der Waals surface area (Å²) in [5.74, 6) is -1.90. The van der Waals surface area contributed by atoms with Crippen LogP contribution in [0.2, 0.25) is 0 Å². The molecule has 0 aromatic heterocycles. The molecule has 0 bridgehead atoms. The molecule has 0 radical (unpaired) electrons. The zero-order valence-electron chi connectivity index (χ0n) is 14.5. The van der Waals surface area contributed by atoms with Crippen molar-refractivity contribution in [2.75, 3.05) is 24.6 Å². The molecule has 3 rings (SSSR count). The standard InChI is InChI=1S/C18H21N3O5/c1-11-10-20(7-9-26-11)13-5-2-4-12-15(13)18(25)21(17(12)24)14(16(19)23)6-3-8-22/h2,4-5,8,11,14H,3,6-7,9-10H2,1H3,(H2,19,23). The lowest BCUT2D eigenvalue weighted by Gasteiger charge is -2.33. The molecule has 26 heavy (non-hydrogen) atoms.